The SMILES string of the molecule is CN(C)C1(CNC(=O)c2ccnc(Cl)c2)CCCC1. The number of carbonyl (C=O) groups excluding carboxylic acids is 1. The first kappa shape index (κ1) is 14.3. The molecule has 19 heavy (non-hydrogen) atoms. The van der Waals surface area contributed by atoms with E-state index in [1.165, 1.54) is 12.8 Å². The van der Waals surface area contributed by atoms with Crippen molar-refractivity contribution in [3.8, 4) is 0 Å². The number of nitrogens with one attached hydrogen (secondary N) is 1. The molecule has 1 heterocycles. The van der Waals surface area contributed by atoms with Crippen LogP contribution in [-0.4, -0.2) is 42.0 Å². The lowest BCUT2D eigenvalue weighted by Crippen LogP contribution is -2.50. The number of halogens is 1. The Bertz CT molecular complexity index is 456. The van der Waals surface area contributed by atoms with Gasteiger partial charge in [-0.05, 0) is 39.1 Å². The zero-order chi connectivity index (χ0) is 13.9. The summed E-state index contributed by atoms with van der Waals surface area (Å²) in [5.74, 6) is -0.0857. The van der Waals surface area contributed by atoms with Gasteiger partial charge in [0, 0.05) is 23.8 Å². The number of amides is 1. The Balaban J connectivity index is 2.00. The summed E-state index contributed by atoms with van der Waals surface area (Å²) in [5.41, 5.74) is 0.666. The van der Waals surface area contributed by atoms with Gasteiger partial charge in [-0.2, -0.15) is 0 Å². The quantitative estimate of drug-likeness (QED) is 0.862. The van der Waals surface area contributed by atoms with Gasteiger partial charge in [0.15, 0.2) is 0 Å². The molecule has 0 radical (unpaired) electrons. The van der Waals surface area contributed by atoms with Crippen LogP contribution in [0.4, 0.5) is 0 Å². The largest absolute Gasteiger partial charge is 0.350 e. The molecular weight excluding hydrogens is 262 g/mol. The van der Waals surface area contributed by atoms with Crippen molar-refractivity contribution in [3.05, 3.63) is 29.0 Å². The molecule has 2 rings (SSSR count). The van der Waals surface area contributed by atoms with Gasteiger partial charge < -0.3 is 10.2 Å². The topological polar surface area (TPSA) is 45.2 Å². The second-order valence-corrected chi connectivity index (χ2v) is 5.76. The van der Waals surface area contributed by atoms with Crippen LogP contribution in [0.5, 0.6) is 0 Å². The normalized spacial score (nSPS) is 17.7. The molecule has 1 aromatic heterocycles. The number of carbonyl (C=O) groups is 1. The average Bonchev–Trinajstić information content (AvgIpc) is 2.86. The number of hydrogen-bond acceptors (Lipinski definition) is 3. The van der Waals surface area contributed by atoms with E-state index in [4.69, 9.17) is 11.6 Å². The fourth-order valence-electron chi connectivity index (χ4n) is 2.71. The minimum atomic E-state index is -0.0857. The van der Waals surface area contributed by atoms with E-state index >= 15 is 0 Å². The summed E-state index contributed by atoms with van der Waals surface area (Å²) in [4.78, 5) is 18.2. The summed E-state index contributed by atoms with van der Waals surface area (Å²) in [6, 6.07) is 3.27. The number of pyridine rings is 1. The first-order valence-electron chi connectivity index (χ1n) is 6.61. The Hall–Kier alpha value is -1.13. The van der Waals surface area contributed by atoms with Crippen molar-refractivity contribution >= 4 is 17.5 Å². The molecule has 0 bridgehead atoms. The van der Waals surface area contributed by atoms with Crippen LogP contribution < -0.4 is 5.32 Å². The molecular formula is C14H20ClN3O. The predicted molar refractivity (Wildman–Crippen MR) is 76.5 cm³/mol. The molecule has 0 aliphatic heterocycles. The molecule has 1 amide bonds. The van der Waals surface area contributed by atoms with Gasteiger partial charge in [0.1, 0.15) is 5.15 Å². The van der Waals surface area contributed by atoms with Gasteiger partial charge in [-0.15, -0.1) is 0 Å². The second kappa shape index (κ2) is 5.88. The Labute approximate surface area is 119 Å². The van der Waals surface area contributed by atoms with E-state index in [0.29, 0.717) is 17.3 Å². The molecule has 5 heteroatoms. The highest BCUT2D eigenvalue weighted by Crippen LogP contribution is 2.33. The van der Waals surface area contributed by atoms with Crippen molar-refractivity contribution in [2.24, 2.45) is 0 Å². The minimum absolute atomic E-state index is 0.0857. The Morgan fingerprint density at radius 2 is 2.16 bits per heavy atom. The molecule has 1 saturated carbocycles. The molecule has 0 atom stereocenters. The van der Waals surface area contributed by atoms with Gasteiger partial charge in [-0.3, -0.25) is 4.79 Å². The van der Waals surface area contributed by atoms with Crippen LogP contribution in [-0.2, 0) is 0 Å². The van der Waals surface area contributed by atoms with E-state index in [9.17, 15) is 4.79 Å². The molecule has 0 aromatic carbocycles. The molecule has 1 aromatic rings. The molecule has 4 nitrogen and oxygen atoms in total. The number of nitrogens with zero attached hydrogens (tertiary/aromatic N) is 2. The second-order valence-electron chi connectivity index (χ2n) is 5.38. The van der Waals surface area contributed by atoms with Gasteiger partial charge in [0.25, 0.3) is 5.91 Å². The standard InChI is InChI=1S/C14H20ClN3O/c1-18(2)14(6-3-4-7-14)10-17-13(19)11-5-8-16-12(15)9-11/h5,8-9H,3-4,6-7,10H2,1-2H3,(H,17,19). The Kier molecular flexibility index (Phi) is 4.42. The van der Waals surface area contributed by atoms with Crippen LogP contribution in [0.1, 0.15) is 36.0 Å². The van der Waals surface area contributed by atoms with Crippen molar-refractivity contribution < 1.29 is 4.79 Å². The lowest BCUT2D eigenvalue weighted by molar-refractivity contribution is 0.0900. The van der Waals surface area contributed by atoms with Crippen molar-refractivity contribution in [1.29, 1.82) is 0 Å². The van der Waals surface area contributed by atoms with Crippen LogP contribution >= 0.6 is 11.6 Å². The van der Waals surface area contributed by atoms with E-state index in [2.05, 4.69) is 29.3 Å². The van der Waals surface area contributed by atoms with E-state index < -0.39 is 0 Å². The van der Waals surface area contributed by atoms with Gasteiger partial charge in [0.2, 0.25) is 0 Å². The van der Waals surface area contributed by atoms with Crippen molar-refractivity contribution in [2.45, 2.75) is 31.2 Å². The molecule has 1 aliphatic rings. The average molecular weight is 282 g/mol. The molecule has 1 N–H and O–H groups in total. The molecule has 1 aliphatic carbocycles. The predicted octanol–water partition coefficient (Wildman–Crippen LogP) is 2.34. The van der Waals surface area contributed by atoms with Crippen LogP contribution in [0.15, 0.2) is 18.3 Å². The Morgan fingerprint density at radius 3 is 2.74 bits per heavy atom. The summed E-state index contributed by atoms with van der Waals surface area (Å²) < 4.78 is 0. The lowest BCUT2D eigenvalue weighted by atomic mass is 9.96. The van der Waals surface area contributed by atoms with Gasteiger partial charge >= 0.3 is 0 Å². The van der Waals surface area contributed by atoms with Crippen LogP contribution in [0, 0.1) is 0 Å². The van der Waals surface area contributed by atoms with E-state index in [1.807, 2.05) is 0 Å². The number of likely N-dealkylation sites (N-methyl/N-ethyl adjacent to an activating group) is 1. The maximum absolute atomic E-state index is 12.1. The molecule has 104 valence electrons. The fraction of sp³-hybridized carbons (Fsp3) is 0.571. The Morgan fingerprint density at radius 1 is 1.47 bits per heavy atom. The minimum Gasteiger partial charge on any atom is -0.350 e. The maximum atomic E-state index is 12.1. The van der Waals surface area contributed by atoms with Crippen molar-refractivity contribution in [3.63, 3.8) is 0 Å². The zero-order valence-corrected chi connectivity index (χ0v) is 12.2. The third-order valence-electron chi connectivity index (χ3n) is 4.05. The van der Waals surface area contributed by atoms with Crippen molar-refractivity contribution in [2.75, 3.05) is 20.6 Å². The van der Waals surface area contributed by atoms with E-state index in [-0.39, 0.29) is 11.4 Å². The smallest absolute Gasteiger partial charge is 0.251 e. The zero-order valence-electron chi connectivity index (χ0n) is 11.4. The summed E-state index contributed by atoms with van der Waals surface area (Å²) in [6.45, 7) is 0.679. The number of hydrogen-bond donors (Lipinski definition) is 1. The summed E-state index contributed by atoms with van der Waals surface area (Å²) >= 11 is 5.79. The summed E-state index contributed by atoms with van der Waals surface area (Å²) in [5, 5.41) is 3.37. The van der Waals surface area contributed by atoms with Gasteiger partial charge in [0.05, 0.1) is 0 Å². The van der Waals surface area contributed by atoms with Gasteiger partial charge in [-0.25, -0.2) is 4.98 Å². The van der Waals surface area contributed by atoms with Crippen LogP contribution in [0.2, 0.25) is 5.15 Å². The fourth-order valence-corrected chi connectivity index (χ4v) is 2.88. The first-order chi connectivity index (χ1) is 9.03. The molecule has 0 unspecified atom stereocenters. The van der Waals surface area contributed by atoms with Crippen molar-refractivity contribution in [1.82, 2.24) is 15.2 Å². The summed E-state index contributed by atoms with van der Waals surface area (Å²) in [6.07, 6.45) is 6.29. The summed E-state index contributed by atoms with van der Waals surface area (Å²) in [7, 11) is 4.17. The van der Waals surface area contributed by atoms with Crippen LogP contribution in [0.25, 0.3) is 0 Å². The van der Waals surface area contributed by atoms with Gasteiger partial charge in [-0.1, -0.05) is 24.4 Å². The number of aromatic nitrogens is 1. The highest BCUT2D eigenvalue weighted by atomic mass is 35.5. The number of rotatable bonds is 4. The molecule has 0 spiro atoms. The van der Waals surface area contributed by atoms with E-state index in [0.717, 1.165) is 12.8 Å². The highest BCUT2D eigenvalue weighted by Gasteiger charge is 2.36. The first-order valence-corrected chi connectivity index (χ1v) is 6.98. The third-order valence-corrected chi connectivity index (χ3v) is 4.26. The molecule has 0 saturated heterocycles. The van der Waals surface area contributed by atoms with Crippen LogP contribution in [0.3, 0.4) is 0 Å². The lowest BCUT2D eigenvalue weighted by Gasteiger charge is -2.36. The van der Waals surface area contributed by atoms with E-state index in [1.54, 1.807) is 18.3 Å². The molecule has 1 fully saturated rings. The monoisotopic (exact) mass is 281 g/mol. The maximum Gasteiger partial charge on any atom is 0.251 e. The highest BCUT2D eigenvalue weighted by molar-refractivity contribution is 6.29. The third kappa shape index (κ3) is 3.25.